The number of alkyl halides is 3. The second kappa shape index (κ2) is 37.7. The van der Waals surface area contributed by atoms with E-state index in [2.05, 4.69) is 294 Å². The van der Waals surface area contributed by atoms with E-state index < -0.39 is 29.0 Å². The van der Waals surface area contributed by atoms with Crippen molar-refractivity contribution in [2.24, 2.45) is 0 Å². The molecule has 0 unspecified atom stereocenters. The fourth-order valence-corrected chi connectivity index (χ4v) is 14.9. The Labute approximate surface area is 730 Å². The predicted octanol–water partition coefficient (Wildman–Crippen LogP) is 25.7. The Morgan fingerprint density at radius 2 is 0.570 bits per heavy atom. The molecule has 0 amide bonds. The summed E-state index contributed by atoms with van der Waals surface area (Å²) in [4.78, 5) is 57.2. The van der Waals surface area contributed by atoms with Gasteiger partial charge in [0.2, 0.25) is 33.0 Å². The van der Waals surface area contributed by atoms with Gasteiger partial charge in [0.15, 0.2) is 34.9 Å². The van der Waals surface area contributed by atoms with Crippen molar-refractivity contribution in [1.29, 1.82) is 10.5 Å². The summed E-state index contributed by atoms with van der Waals surface area (Å²) in [6, 6.07) is 92.5. The van der Waals surface area contributed by atoms with Crippen LogP contribution in [0.3, 0.4) is 0 Å². The Morgan fingerprint density at radius 3 is 0.909 bits per heavy atom. The molecule has 0 bridgehead atoms. The summed E-state index contributed by atoms with van der Waals surface area (Å²) in [5.41, 5.74) is 22.0. The van der Waals surface area contributed by atoms with E-state index >= 15 is 0 Å². The van der Waals surface area contributed by atoms with Crippen LogP contribution in [0.25, 0.3) is 113 Å². The van der Waals surface area contributed by atoms with Crippen molar-refractivity contribution in [3.63, 3.8) is 0 Å². The van der Waals surface area contributed by atoms with Crippen LogP contribution in [0.2, 0.25) is 21.1 Å². The molecule has 0 saturated carbocycles. The number of rotatable bonds is 8. The highest BCUT2D eigenvalue weighted by atomic mass is 79.9. The minimum absolute atomic E-state index is 0.0498. The lowest BCUT2D eigenvalue weighted by atomic mass is 9.82. The molecule has 0 radical (unpaired) electrons. The van der Waals surface area contributed by atoms with Gasteiger partial charge < -0.3 is 0 Å². The first-order valence-corrected chi connectivity index (χ1v) is 40.2. The zero-order valence-electron chi connectivity index (χ0n) is 65.2. The third kappa shape index (κ3) is 21.1. The maximum atomic E-state index is 12.0. The number of halogens is 11. The minimum atomic E-state index is -4.46. The normalized spacial score (nSPS) is 12.0. The van der Waals surface area contributed by atoms with Crippen LogP contribution in [0, 0.1) is 55.3 Å². The molecule has 10 aromatic carbocycles. The molecule has 0 aliphatic heterocycles. The molecule has 2 aliphatic carbocycles. The predicted molar refractivity (Wildman–Crippen MR) is 470 cm³/mol. The molecule has 0 saturated heterocycles. The van der Waals surface area contributed by atoms with Gasteiger partial charge in [-0.05, 0) is 182 Å². The molecule has 27 heteroatoms. The minimum Gasteiger partial charge on any atom is -0.223 e. The van der Waals surface area contributed by atoms with Crippen LogP contribution in [0.4, 0.5) is 22.0 Å². The van der Waals surface area contributed by atoms with Crippen LogP contribution in [0.5, 0.6) is 0 Å². The molecule has 598 valence electrons. The molecule has 0 fully saturated rings. The zero-order valence-corrected chi connectivity index (χ0v) is 71.4. The van der Waals surface area contributed by atoms with E-state index in [4.69, 9.17) is 86.8 Å². The van der Waals surface area contributed by atoms with Gasteiger partial charge in [-0.15, -0.1) is 0 Å². The third-order valence-electron chi connectivity index (χ3n) is 19.3. The Kier molecular flexibility index (Phi) is 26.8. The van der Waals surface area contributed by atoms with E-state index in [-0.39, 0.29) is 38.5 Å². The Morgan fingerprint density at radius 1 is 0.289 bits per heavy atom. The SMILES string of the molecule is Brc1ccc(-c2nc(-c3ccc(-c4ccccc4)cc3)nc(-c3ccc(-c4ccccc4)cc3)n2)cc1.CC1(C)c2ccccc2-c2cc(-c3nc(-c4ccc(Br)cc4)nc(-c4ccc5c(c4)-c4ccccc4C5(C)C)n3)ccc21.Cc1cc(C(F)(F)F)nc(Cl)n1.Cc1cc(C)nc(Cl)n1.Fc1cc(F)nc(Cl)n1.N#Cc1cc(C#N)nc(Cl)n1. The summed E-state index contributed by atoms with van der Waals surface area (Å²) in [7, 11) is 0. The Balaban J connectivity index is 0.000000144. The van der Waals surface area contributed by atoms with Gasteiger partial charge in [-0.2, -0.15) is 42.4 Å². The molecule has 2 aliphatic rings. The van der Waals surface area contributed by atoms with Crippen molar-refractivity contribution >= 4 is 78.3 Å². The number of benzene rings is 10. The highest BCUT2D eigenvalue weighted by Crippen LogP contribution is 2.51. The molecule has 16 nitrogen and oxygen atoms in total. The summed E-state index contributed by atoms with van der Waals surface area (Å²) in [5.74, 6) is 2.02. The van der Waals surface area contributed by atoms with Crippen molar-refractivity contribution in [2.45, 2.75) is 65.5 Å². The van der Waals surface area contributed by atoms with Crippen LogP contribution in [-0.2, 0) is 17.0 Å². The maximum absolute atomic E-state index is 12.0. The van der Waals surface area contributed by atoms with Gasteiger partial charge in [0.25, 0.3) is 0 Å². The molecular weight excluding hydrogens is 1750 g/mol. The lowest BCUT2D eigenvalue weighted by Crippen LogP contribution is -2.14. The molecule has 0 spiro atoms. The monoisotopic (exact) mass is 1810 g/mol. The Bertz CT molecular complexity index is 6140. The largest absolute Gasteiger partial charge is 0.433 e. The quantitative estimate of drug-likeness (QED) is 0.0782. The average molecular weight is 1820 g/mol. The number of fused-ring (bicyclic) bond motifs is 6. The summed E-state index contributed by atoms with van der Waals surface area (Å²) in [6.07, 6.45) is -4.46. The fourth-order valence-electron chi connectivity index (χ4n) is 13.6. The van der Waals surface area contributed by atoms with Gasteiger partial charge in [-0.25, -0.2) is 59.8 Å². The van der Waals surface area contributed by atoms with Crippen molar-refractivity contribution < 1.29 is 22.0 Å². The molecule has 6 aromatic heterocycles. The lowest BCUT2D eigenvalue weighted by Gasteiger charge is -2.21. The van der Waals surface area contributed by atoms with Gasteiger partial charge in [-0.3, -0.25) is 0 Å². The standard InChI is InChI=1S/C39H30BrN3.C33H22BrN3.C6H4ClF3N2.C6HClN4.C6H7ClN2.C4HClF2N2/c1-38(2)31-11-7-5-9-27(31)29-21-24(15-19-33(29)38)36-41-35(23-13-17-26(40)18-14-23)42-37(43-36)25-16-20-34-30(22-25)28-10-6-8-12-32(28)39(34,3)4;34-30-21-19-29(20-22-30)33-36-31(27-15-11-25(12-16-27)23-7-3-1-4-8-23)35-32(37-33)28-17-13-26(14-18-28)24-9-5-2-6-10-24;1-3-2-4(6(8,9)10)12-5(7)11-3;7-6-10-4(2-8)1-5(3-9)11-6;1-4-3-5(2)9-6(7)8-4;5-4-8-2(6)1-3(7)9-4/h5-22H,1-4H3;1-22H;2H,1H3;1H;3H,1-2H3;1H. The van der Waals surface area contributed by atoms with E-state index in [0.29, 0.717) is 46.3 Å². The molecule has 0 N–H and O–H groups in total. The van der Waals surface area contributed by atoms with Crippen molar-refractivity contribution in [2.75, 3.05) is 0 Å². The van der Waals surface area contributed by atoms with Crippen LogP contribution < -0.4 is 0 Å². The van der Waals surface area contributed by atoms with Gasteiger partial charge in [0.05, 0.1) is 0 Å². The Hall–Kier alpha value is -12.7. The highest BCUT2D eigenvalue weighted by molar-refractivity contribution is 9.10. The number of aryl methyl sites for hydroxylation is 3. The van der Waals surface area contributed by atoms with E-state index in [1.54, 1.807) is 12.1 Å². The third-order valence-corrected chi connectivity index (χ3v) is 21.0. The van der Waals surface area contributed by atoms with E-state index in [1.807, 2.05) is 68.4 Å². The lowest BCUT2D eigenvalue weighted by molar-refractivity contribution is -0.141. The van der Waals surface area contributed by atoms with Crippen molar-refractivity contribution in [3.05, 3.63) is 365 Å². The molecule has 16 aromatic rings. The second-order valence-electron chi connectivity index (χ2n) is 28.4. The topological polar surface area (TPSA) is 228 Å². The number of nitrogens with zero attached hydrogens (tertiary/aromatic N) is 16. The molecule has 18 rings (SSSR count). The van der Waals surface area contributed by atoms with Gasteiger partial charge in [0.1, 0.15) is 29.2 Å². The molecule has 121 heavy (non-hydrogen) atoms. The summed E-state index contributed by atoms with van der Waals surface area (Å²) in [5, 5.41) is 16.2. The maximum Gasteiger partial charge on any atom is 0.433 e. The van der Waals surface area contributed by atoms with Crippen LogP contribution in [0.15, 0.2) is 276 Å². The van der Waals surface area contributed by atoms with Crippen LogP contribution in [-0.4, -0.2) is 69.8 Å². The highest BCUT2D eigenvalue weighted by Gasteiger charge is 2.38. The van der Waals surface area contributed by atoms with Crippen LogP contribution >= 0.6 is 78.3 Å². The number of hydrogen-bond donors (Lipinski definition) is 0. The van der Waals surface area contributed by atoms with Crippen LogP contribution in [0.1, 0.15) is 84.1 Å². The first-order valence-electron chi connectivity index (χ1n) is 37.1. The van der Waals surface area contributed by atoms with Gasteiger partial charge >= 0.3 is 6.18 Å². The van der Waals surface area contributed by atoms with Gasteiger partial charge in [0, 0.05) is 82.4 Å². The second-order valence-corrected chi connectivity index (χ2v) is 31.6. The number of nitriles is 2. The van der Waals surface area contributed by atoms with Gasteiger partial charge in [-0.1, -0.05) is 266 Å². The fraction of sp³-hybridized carbons (Fsp3) is 0.106. The zero-order chi connectivity index (χ0) is 85.9. The molecular formula is C94H65Br2Cl4F5N16. The summed E-state index contributed by atoms with van der Waals surface area (Å²) in [6.45, 7) is 14.4. The molecule has 6 heterocycles. The van der Waals surface area contributed by atoms with Crippen molar-refractivity contribution in [1.82, 2.24) is 69.8 Å². The summed E-state index contributed by atoms with van der Waals surface area (Å²) < 4.78 is 61.9. The number of hydrogen-bond acceptors (Lipinski definition) is 16. The first-order chi connectivity index (χ1) is 58.0. The van der Waals surface area contributed by atoms with Crippen molar-refractivity contribution in [3.8, 4) is 125 Å². The van der Waals surface area contributed by atoms with E-state index in [1.165, 1.54) is 68.6 Å². The van der Waals surface area contributed by atoms with E-state index in [9.17, 15) is 22.0 Å². The number of aromatic nitrogens is 14. The molecule has 0 atom stereocenters. The smallest absolute Gasteiger partial charge is 0.223 e. The summed E-state index contributed by atoms with van der Waals surface area (Å²) >= 11 is 28.3. The first kappa shape index (κ1) is 86.1. The average Bonchev–Trinajstić information content (AvgIpc) is 1.59. The van der Waals surface area contributed by atoms with E-state index in [0.717, 1.165) is 70.9 Å².